The number of hydrogen-bond acceptors (Lipinski definition) is 3. The SMILES string of the molecule is COc1cccc(CC(=O)C2(C)CCCS2)c1. The van der Waals surface area contributed by atoms with Crippen molar-refractivity contribution in [3.05, 3.63) is 29.8 Å². The van der Waals surface area contributed by atoms with Gasteiger partial charge in [-0.1, -0.05) is 12.1 Å². The van der Waals surface area contributed by atoms with E-state index in [2.05, 4.69) is 6.92 Å². The Bertz CT molecular complexity index is 408. The lowest BCUT2D eigenvalue weighted by molar-refractivity contribution is -0.120. The van der Waals surface area contributed by atoms with Crippen molar-refractivity contribution >= 4 is 17.5 Å². The summed E-state index contributed by atoms with van der Waals surface area (Å²) in [5.74, 6) is 2.27. The van der Waals surface area contributed by atoms with Gasteiger partial charge in [-0.3, -0.25) is 4.79 Å². The second-order valence-corrected chi connectivity index (χ2v) is 6.23. The number of ether oxygens (including phenoxy) is 1. The van der Waals surface area contributed by atoms with Crippen LogP contribution in [0.5, 0.6) is 5.75 Å². The molecular weight excluding hydrogens is 232 g/mol. The maximum atomic E-state index is 12.3. The molecule has 0 spiro atoms. The van der Waals surface area contributed by atoms with E-state index in [0.717, 1.165) is 29.9 Å². The number of methoxy groups -OCH3 is 1. The minimum Gasteiger partial charge on any atom is -0.497 e. The summed E-state index contributed by atoms with van der Waals surface area (Å²) in [5.41, 5.74) is 1.04. The zero-order chi connectivity index (χ0) is 12.3. The van der Waals surface area contributed by atoms with E-state index < -0.39 is 0 Å². The molecule has 0 N–H and O–H groups in total. The van der Waals surface area contributed by atoms with E-state index in [9.17, 15) is 4.79 Å². The van der Waals surface area contributed by atoms with E-state index in [1.807, 2.05) is 24.3 Å². The van der Waals surface area contributed by atoms with E-state index >= 15 is 0 Å². The highest BCUT2D eigenvalue weighted by molar-refractivity contribution is 8.01. The smallest absolute Gasteiger partial charge is 0.152 e. The summed E-state index contributed by atoms with van der Waals surface area (Å²) >= 11 is 1.80. The Balaban J connectivity index is 2.07. The molecule has 0 bridgehead atoms. The Kier molecular flexibility index (Phi) is 3.77. The van der Waals surface area contributed by atoms with Crippen molar-refractivity contribution in [3.63, 3.8) is 0 Å². The van der Waals surface area contributed by atoms with Crippen molar-refractivity contribution in [2.45, 2.75) is 30.9 Å². The summed E-state index contributed by atoms with van der Waals surface area (Å²) in [6.45, 7) is 2.08. The molecule has 1 atom stereocenters. The number of Topliss-reactive ketones (excluding diaryl/α,β-unsaturated/α-hetero) is 1. The molecule has 2 nitrogen and oxygen atoms in total. The van der Waals surface area contributed by atoms with Crippen molar-refractivity contribution in [3.8, 4) is 5.75 Å². The van der Waals surface area contributed by atoms with Gasteiger partial charge in [0.25, 0.3) is 0 Å². The molecular formula is C14H18O2S. The number of thioether (sulfide) groups is 1. The van der Waals surface area contributed by atoms with E-state index in [4.69, 9.17) is 4.74 Å². The first-order chi connectivity index (χ1) is 8.14. The fourth-order valence-corrected chi connectivity index (χ4v) is 3.41. The van der Waals surface area contributed by atoms with Gasteiger partial charge in [0.05, 0.1) is 11.9 Å². The van der Waals surface area contributed by atoms with Crippen LogP contribution >= 0.6 is 11.8 Å². The third-order valence-electron chi connectivity index (χ3n) is 3.31. The first-order valence-electron chi connectivity index (χ1n) is 5.94. The van der Waals surface area contributed by atoms with Crippen LogP contribution < -0.4 is 4.74 Å². The zero-order valence-corrected chi connectivity index (χ0v) is 11.2. The van der Waals surface area contributed by atoms with Gasteiger partial charge in [0, 0.05) is 6.42 Å². The number of ketones is 1. The Labute approximate surface area is 107 Å². The third-order valence-corrected chi connectivity index (χ3v) is 4.87. The second-order valence-electron chi connectivity index (χ2n) is 4.63. The van der Waals surface area contributed by atoms with Crippen LogP contribution in [-0.2, 0) is 11.2 Å². The van der Waals surface area contributed by atoms with Crippen LogP contribution in [0.15, 0.2) is 24.3 Å². The second kappa shape index (κ2) is 5.13. The average Bonchev–Trinajstić information content (AvgIpc) is 2.78. The molecule has 1 unspecified atom stereocenters. The molecule has 1 aromatic rings. The van der Waals surface area contributed by atoms with Crippen LogP contribution in [0.3, 0.4) is 0 Å². The summed E-state index contributed by atoms with van der Waals surface area (Å²) in [5, 5.41) is 0. The topological polar surface area (TPSA) is 26.3 Å². The number of carbonyl (C=O) groups is 1. The maximum Gasteiger partial charge on any atom is 0.152 e. The molecule has 1 aliphatic heterocycles. The molecule has 1 heterocycles. The summed E-state index contributed by atoms with van der Waals surface area (Å²) in [4.78, 5) is 12.3. The normalized spacial score (nSPS) is 23.6. The van der Waals surface area contributed by atoms with E-state index in [0.29, 0.717) is 12.2 Å². The first kappa shape index (κ1) is 12.5. The van der Waals surface area contributed by atoms with Gasteiger partial charge in [-0.2, -0.15) is 0 Å². The van der Waals surface area contributed by atoms with Gasteiger partial charge in [-0.25, -0.2) is 0 Å². The standard InChI is InChI=1S/C14H18O2S/c1-14(7-4-8-17-14)13(15)10-11-5-3-6-12(9-11)16-2/h3,5-6,9H,4,7-8,10H2,1-2H3. The molecule has 1 aliphatic rings. The molecule has 1 saturated heterocycles. The molecule has 1 aromatic carbocycles. The lowest BCUT2D eigenvalue weighted by Gasteiger charge is -2.20. The third kappa shape index (κ3) is 2.83. The Morgan fingerprint density at radius 2 is 2.35 bits per heavy atom. The predicted molar refractivity (Wildman–Crippen MR) is 71.8 cm³/mol. The highest BCUT2D eigenvalue weighted by atomic mass is 32.2. The molecule has 0 aliphatic carbocycles. The van der Waals surface area contributed by atoms with Crippen molar-refractivity contribution in [1.29, 1.82) is 0 Å². The van der Waals surface area contributed by atoms with Crippen LogP contribution in [0.1, 0.15) is 25.3 Å². The van der Waals surface area contributed by atoms with Gasteiger partial charge in [-0.15, -0.1) is 11.8 Å². The molecule has 0 aromatic heterocycles. The Morgan fingerprint density at radius 1 is 1.53 bits per heavy atom. The summed E-state index contributed by atoms with van der Waals surface area (Å²) in [6.07, 6.45) is 2.69. The lowest BCUT2D eigenvalue weighted by atomic mass is 9.95. The van der Waals surface area contributed by atoms with E-state index in [1.54, 1.807) is 18.9 Å². The average molecular weight is 250 g/mol. The highest BCUT2D eigenvalue weighted by Crippen LogP contribution is 2.39. The van der Waals surface area contributed by atoms with E-state index in [-0.39, 0.29) is 4.75 Å². The van der Waals surface area contributed by atoms with Gasteiger partial charge in [0.2, 0.25) is 0 Å². The van der Waals surface area contributed by atoms with Crippen LogP contribution in [0.2, 0.25) is 0 Å². The van der Waals surface area contributed by atoms with Crippen molar-refractivity contribution in [2.75, 3.05) is 12.9 Å². The lowest BCUT2D eigenvalue weighted by Crippen LogP contribution is -2.30. The number of carbonyl (C=O) groups excluding carboxylic acids is 1. The molecule has 3 heteroatoms. The molecule has 2 rings (SSSR count). The number of hydrogen-bond donors (Lipinski definition) is 0. The van der Waals surface area contributed by atoms with Crippen LogP contribution in [0.4, 0.5) is 0 Å². The van der Waals surface area contributed by atoms with Crippen LogP contribution in [-0.4, -0.2) is 23.4 Å². The molecule has 0 radical (unpaired) electrons. The summed E-state index contributed by atoms with van der Waals surface area (Å²) in [7, 11) is 1.65. The molecule has 0 saturated carbocycles. The Morgan fingerprint density at radius 3 is 3.00 bits per heavy atom. The quantitative estimate of drug-likeness (QED) is 0.821. The minimum absolute atomic E-state index is 0.164. The van der Waals surface area contributed by atoms with Gasteiger partial charge in [0.1, 0.15) is 5.75 Å². The fourth-order valence-electron chi connectivity index (χ4n) is 2.15. The Hall–Kier alpha value is -0.960. The highest BCUT2D eigenvalue weighted by Gasteiger charge is 2.36. The monoisotopic (exact) mass is 250 g/mol. The van der Waals surface area contributed by atoms with Crippen LogP contribution in [0.25, 0.3) is 0 Å². The molecule has 0 amide bonds. The predicted octanol–water partition coefficient (Wildman–Crippen LogP) is 3.09. The molecule has 1 fully saturated rings. The van der Waals surface area contributed by atoms with Crippen molar-refractivity contribution < 1.29 is 9.53 Å². The van der Waals surface area contributed by atoms with Gasteiger partial charge in [0.15, 0.2) is 5.78 Å². The van der Waals surface area contributed by atoms with E-state index in [1.165, 1.54) is 0 Å². The minimum atomic E-state index is -0.164. The fraction of sp³-hybridized carbons (Fsp3) is 0.500. The zero-order valence-electron chi connectivity index (χ0n) is 10.4. The number of rotatable bonds is 4. The number of benzene rings is 1. The van der Waals surface area contributed by atoms with Gasteiger partial charge < -0.3 is 4.74 Å². The van der Waals surface area contributed by atoms with Gasteiger partial charge in [-0.05, 0) is 43.2 Å². The summed E-state index contributed by atoms with van der Waals surface area (Å²) in [6, 6.07) is 7.77. The largest absolute Gasteiger partial charge is 0.497 e. The summed E-state index contributed by atoms with van der Waals surface area (Å²) < 4.78 is 5.01. The molecule has 92 valence electrons. The molecule has 17 heavy (non-hydrogen) atoms. The van der Waals surface area contributed by atoms with Crippen molar-refractivity contribution in [2.24, 2.45) is 0 Å². The van der Waals surface area contributed by atoms with Crippen molar-refractivity contribution in [1.82, 2.24) is 0 Å². The van der Waals surface area contributed by atoms with Crippen LogP contribution in [0, 0.1) is 0 Å². The van der Waals surface area contributed by atoms with Gasteiger partial charge >= 0.3 is 0 Å². The maximum absolute atomic E-state index is 12.3. The first-order valence-corrected chi connectivity index (χ1v) is 6.93.